The van der Waals surface area contributed by atoms with Crippen LogP contribution in [0.2, 0.25) is 0 Å². The minimum absolute atomic E-state index is 0.266. The number of piperidine rings is 1. The third-order valence-corrected chi connectivity index (χ3v) is 7.51. The van der Waals surface area contributed by atoms with Crippen molar-refractivity contribution in [3.63, 3.8) is 0 Å². The van der Waals surface area contributed by atoms with E-state index < -0.39 is 5.41 Å². The molecule has 0 saturated carbocycles. The number of amides is 1. The highest BCUT2D eigenvalue weighted by atomic mass is 16.5. The Morgan fingerprint density at radius 2 is 1.82 bits per heavy atom. The van der Waals surface area contributed by atoms with E-state index in [4.69, 9.17) is 9.72 Å². The molecule has 0 radical (unpaired) electrons. The van der Waals surface area contributed by atoms with Gasteiger partial charge in [0.2, 0.25) is 5.91 Å². The Morgan fingerprint density at radius 3 is 2.62 bits per heavy atom. The van der Waals surface area contributed by atoms with Crippen LogP contribution in [0.4, 0.5) is 0 Å². The number of aryl methyl sites for hydroxylation is 1. The van der Waals surface area contributed by atoms with Crippen LogP contribution in [-0.2, 0) is 21.4 Å². The monoisotopic (exact) mass is 454 g/mol. The summed E-state index contributed by atoms with van der Waals surface area (Å²) in [6.45, 7) is 4.98. The number of carbonyl (C=O) groups excluding carboxylic acids is 1. The molecule has 2 aliphatic heterocycles. The number of benzene rings is 2. The molecule has 2 fully saturated rings. The molecule has 34 heavy (non-hydrogen) atoms. The summed E-state index contributed by atoms with van der Waals surface area (Å²) in [5.74, 6) is 0.547. The number of likely N-dealkylation sites (tertiary alicyclic amines) is 1. The number of hydrogen-bond acceptors (Lipinski definition) is 3. The molecule has 1 unspecified atom stereocenters. The van der Waals surface area contributed by atoms with Gasteiger partial charge >= 0.3 is 0 Å². The zero-order valence-electron chi connectivity index (χ0n) is 20.1. The number of pyridine rings is 1. The maximum atomic E-state index is 14.0. The molecule has 2 aliphatic rings. The maximum absolute atomic E-state index is 14.0. The van der Waals surface area contributed by atoms with E-state index in [0.29, 0.717) is 13.2 Å². The summed E-state index contributed by atoms with van der Waals surface area (Å²) in [6.07, 6.45) is 4.43. The van der Waals surface area contributed by atoms with Crippen molar-refractivity contribution < 1.29 is 9.53 Å². The van der Waals surface area contributed by atoms with E-state index in [-0.39, 0.29) is 11.8 Å². The van der Waals surface area contributed by atoms with Crippen LogP contribution in [0, 0.1) is 6.92 Å². The van der Waals surface area contributed by atoms with Crippen LogP contribution in [0.25, 0.3) is 0 Å². The number of nitrogens with zero attached hydrogens (tertiary/aromatic N) is 2. The van der Waals surface area contributed by atoms with Crippen LogP contribution >= 0.6 is 0 Å². The second-order valence-corrected chi connectivity index (χ2v) is 9.87. The van der Waals surface area contributed by atoms with Crippen molar-refractivity contribution in [1.29, 1.82) is 0 Å². The minimum Gasteiger partial charge on any atom is -0.381 e. The van der Waals surface area contributed by atoms with E-state index in [1.165, 1.54) is 11.1 Å². The lowest BCUT2D eigenvalue weighted by Crippen LogP contribution is -2.52. The van der Waals surface area contributed by atoms with Crippen LogP contribution in [-0.4, -0.2) is 42.1 Å². The molecular weight excluding hydrogens is 420 g/mol. The van der Waals surface area contributed by atoms with Gasteiger partial charge in [0.1, 0.15) is 0 Å². The van der Waals surface area contributed by atoms with Crippen molar-refractivity contribution in [2.75, 3.05) is 26.3 Å². The summed E-state index contributed by atoms with van der Waals surface area (Å²) in [4.78, 5) is 21.2. The number of ether oxygens (including phenoxy) is 1. The fraction of sp³-hybridized carbons (Fsp3) is 0.400. The SMILES string of the molecule is Cc1cccc(Cc2cccc(C3CCCN(C(=O)C4(c5ccccc5)CCOCC4)C3)n2)c1. The molecule has 1 aromatic heterocycles. The predicted molar refractivity (Wildman–Crippen MR) is 135 cm³/mol. The molecule has 0 bridgehead atoms. The summed E-state index contributed by atoms with van der Waals surface area (Å²) in [6, 6.07) is 25.3. The summed E-state index contributed by atoms with van der Waals surface area (Å²) >= 11 is 0. The van der Waals surface area contributed by atoms with Gasteiger partial charge < -0.3 is 9.64 Å². The van der Waals surface area contributed by atoms with Gasteiger partial charge in [0.15, 0.2) is 0 Å². The van der Waals surface area contributed by atoms with Crippen molar-refractivity contribution >= 4 is 5.91 Å². The van der Waals surface area contributed by atoms with Crippen LogP contribution < -0.4 is 0 Å². The molecule has 2 aromatic carbocycles. The number of carbonyl (C=O) groups is 1. The van der Waals surface area contributed by atoms with Crippen molar-refractivity contribution in [2.45, 2.75) is 50.4 Å². The van der Waals surface area contributed by atoms with E-state index in [1.54, 1.807) is 0 Å². The van der Waals surface area contributed by atoms with Gasteiger partial charge in [-0.05, 0) is 55.9 Å². The molecule has 4 nitrogen and oxygen atoms in total. The van der Waals surface area contributed by atoms with Gasteiger partial charge in [-0.2, -0.15) is 0 Å². The van der Waals surface area contributed by atoms with Crippen molar-refractivity contribution in [3.8, 4) is 0 Å². The number of hydrogen-bond donors (Lipinski definition) is 0. The Bertz CT molecular complexity index is 1120. The topological polar surface area (TPSA) is 42.4 Å². The lowest BCUT2D eigenvalue weighted by atomic mass is 9.72. The van der Waals surface area contributed by atoms with E-state index in [0.717, 1.165) is 62.1 Å². The first-order chi connectivity index (χ1) is 16.6. The predicted octanol–water partition coefficient (Wildman–Crippen LogP) is 5.44. The van der Waals surface area contributed by atoms with Gasteiger partial charge in [-0.1, -0.05) is 66.2 Å². The van der Waals surface area contributed by atoms with Crippen molar-refractivity contribution in [2.24, 2.45) is 0 Å². The molecule has 4 heteroatoms. The van der Waals surface area contributed by atoms with E-state index >= 15 is 0 Å². The largest absolute Gasteiger partial charge is 0.381 e. The van der Waals surface area contributed by atoms with Crippen LogP contribution in [0.15, 0.2) is 72.8 Å². The molecular formula is C30H34N2O2. The molecule has 0 aliphatic carbocycles. The summed E-state index contributed by atoms with van der Waals surface area (Å²) in [5.41, 5.74) is 5.43. The average Bonchev–Trinajstić information content (AvgIpc) is 2.89. The molecule has 5 rings (SSSR count). The molecule has 3 aromatic rings. The van der Waals surface area contributed by atoms with Gasteiger partial charge in [-0.3, -0.25) is 9.78 Å². The Labute approximate surface area is 203 Å². The van der Waals surface area contributed by atoms with Gasteiger partial charge in [0.05, 0.1) is 5.41 Å². The molecule has 176 valence electrons. The van der Waals surface area contributed by atoms with Gasteiger partial charge in [0.25, 0.3) is 0 Å². The van der Waals surface area contributed by atoms with E-state index in [9.17, 15) is 4.79 Å². The molecule has 2 saturated heterocycles. The zero-order valence-corrected chi connectivity index (χ0v) is 20.1. The quantitative estimate of drug-likeness (QED) is 0.516. The van der Waals surface area contributed by atoms with Crippen LogP contribution in [0.1, 0.15) is 59.7 Å². The highest BCUT2D eigenvalue weighted by molar-refractivity contribution is 5.88. The maximum Gasteiger partial charge on any atom is 0.233 e. The second-order valence-electron chi connectivity index (χ2n) is 9.87. The summed E-state index contributed by atoms with van der Waals surface area (Å²) < 4.78 is 5.66. The van der Waals surface area contributed by atoms with Crippen LogP contribution in [0.3, 0.4) is 0 Å². The highest BCUT2D eigenvalue weighted by Crippen LogP contribution is 2.38. The van der Waals surface area contributed by atoms with Gasteiger partial charge in [0, 0.05) is 50.0 Å². The third-order valence-electron chi connectivity index (χ3n) is 7.51. The first-order valence-corrected chi connectivity index (χ1v) is 12.6. The lowest BCUT2D eigenvalue weighted by Gasteiger charge is -2.42. The van der Waals surface area contributed by atoms with Gasteiger partial charge in [-0.25, -0.2) is 0 Å². The normalized spacial score (nSPS) is 20.1. The number of rotatable bonds is 5. The highest BCUT2D eigenvalue weighted by Gasteiger charge is 2.45. The van der Waals surface area contributed by atoms with E-state index in [2.05, 4.69) is 66.4 Å². The van der Waals surface area contributed by atoms with E-state index in [1.807, 2.05) is 18.2 Å². The fourth-order valence-corrected chi connectivity index (χ4v) is 5.66. The third kappa shape index (κ3) is 4.78. The molecule has 1 atom stereocenters. The summed E-state index contributed by atoms with van der Waals surface area (Å²) in [7, 11) is 0. The minimum atomic E-state index is -0.470. The Balaban J connectivity index is 1.35. The molecule has 0 N–H and O–H groups in total. The first kappa shape index (κ1) is 22.8. The smallest absolute Gasteiger partial charge is 0.233 e. The van der Waals surface area contributed by atoms with Crippen LogP contribution in [0.5, 0.6) is 0 Å². The van der Waals surface area contributed by atoms with Crippen molar-refractivity contribution in [1.82, 2.24) is 9.88 Å². The molecule has 1 amide bonds. The lowest BCUT2D eigenvalue weighted by molar-refractivity contribution is -0.142. The first-order valence-electron chi connectivity index (χ1n) is 12.6. The van der Waals surface area contributed by atoms with Crippen molar-refractivity contribution in [3.05, 3.63) is 101 Å². The molecule has 3 heterocycles. The van der Waals surface area contributed by atoms with Gasteiger partial charge in [-0.15, -0.1) is 0 Å². The Kier molecular flexibility index (Phi) is 6.77. The number of aromatic nitrogens is 1. The fourth-order valence-electron chi connectivity index (χ4n) is 5.66. The standard InChI is InChI=1S/C30H34N2O2/c1-23-8-5-9-24(20-23)21-27-13-6-14-28(31-27)25-10-7-17-32(22-25)29(33)30(15-18-34-19-16-30)26-11-3-2-4-12-26/h2-6,8-9,11-14,20,25H,7,10,15-19,21-22H2,1H3. The second kappa shape index (κ2) is 10.1. The zero-order chi connectivity index (χ0) is 23.4. The molecule has 0 spiro atoms. The average molecular weight is 455 g/mol. The summed E-state index contributed by atoms with van der Waals surface area (Å²) in [5, 5.41) is 0. The Morgan fingerprint density at radius 1 is 1.03 bits per heavy atom. The Hall–Kier alpha value is -2.98.